The highest BCUT2D eigenvalue weighted by molar-refractivity contribution is 9.10. The number of anilines is 4. The van der Waals surface area contributed by atoms with Gasteiger partial charge in [0.15, 0.2) is 0 Å². The predicted octanol–water partition coefficient (Wildman–Crippen LogP) is 5.06. The second-order valence-corrected chi connectivity index (χ2v) is 6.10. The lowest BCUT2D eigenvalue weighted by Crippen LogP contribution is -2.12. The van der Waals surface area contributed by atoms with Crippen molar-refractivity contribution >= 4 is 38.9 Å². The van der Waals surface area contributed by atoms with Gasteiger partial charge in [-0.1, -0.05) is 34.1 Å². The third kappa shape index (κ3) is 3.87. The Hall–Kier alpha value is -2.40. The number of aromatic nitrogens is 2. The van der Waals surface area contributed by atoms with Crippen LogP contribution in [-0.4, -0.2) is 17.0 Å². The van der Waals surface area contributed by atoms with Gasteiger partial charge in [-0.15, -0.1) is 0 Å². The van der Waals surface area contributed by atoms with Gasteiger partial charge in [-0.25, -0.2) is 9.97 Å². The molecule has 4 nitrogen and oxygen atoms in total. The molecule has 0 aliphatic heterocycles. The van der Waals surface area contributed by atoms with Crippen LogP contribution in [0.5, 0.6) is 0 Å². The maximum Gasteiger partial charge on any atom is 0.138 e. The first-order valence-electron chi connectivity index (χ1n) is 7.29. The Morgan fingerprint density at radius 3 is 2.35 bits per heavy atom. The zero-order valence-corrected chi connectivity index (χ0v) is 14.6. The SMILES string of the molecule is Cc1nc(Nc2ccc(Br)cc2)cc(N(C)c2ccccc2)n1. The number of nitrogens with one attached hydrogen (secondary N) is 1. The Balaban J connectivity index is 1.88. The van der Waals surface area contributed by atoms with E-state index in [0.717, 1.165) is 33.3 Å². The fourth-order valence-electron chi connectivity index (χ4n) is 2.25. The Kier molecular flexibility index (Phi) is 4.57. The first-order chi connectivity index (χ1) is 11.1. The molecule has 3 rings (SSSR count). The first-order valence-corrected chi connectivity index (χ1v) is 8.08. The second kappa shape index (κ2) is 6.79. The van der Waals surface area contributed by atoms with Crippen LogP contribution >= 0.6 is 15.9 Å². The molecule has 0 bridgehead atoms. The number of hydrogen-bond donors (Lipinski definition) is 1. The van der Waals surface area contributed by atoms with Gasteiger partial charge >= 0.3 is 0 Å². The average Bonchev–Trinajstić information content (AvgIpc) is 2.56. The molecule has 23 heavy (non-hydrogen) atoms. The summed E-state index contributed by atoms with van der Waals surface area (Å²) in [4.78, 5) is 11.0. The molecule has 0 aliphatic rings. The van der Waals surface area contributed by atoms with Crippen molar-refractivity contribution in [1.29, 1.82) is 0 Å². The van der Waals surface area contributed by atoms with E-state index in [1.54, 1.807) is 0 Å². The molecule has 0 atom stereocenters. The number of benzene rings is 2. The third-order valence-electron chi connectivity index (χ3n) is 3.43. The Morgan fingerprint density at radius 2 is 1.65 bits per heavy atom. The molecule has 2 aromatic carbocycles. The lowest BCUT2D eigenvalue weighted by molar-refractivity contribution is 1.02. The Morgan fingerprint density at radius 1 is 0.957 bits per heavy atom. The Labute approximate surface area is 144 Å². The van der Waals surface area contributed by atoms with Crippen molar-refractivity contribution in [3.63, 3.8) is 0 Å². The first kappa shape index (κ1) is 15.5. The highest BCUT2D eigenvalue weighted by Crippen LogP contribution is 2.25. The molecule has 0 aliphatic carbocycles. The van der Waals surface area contributed by atoms with Crippen molar-refractivity contribution in [3.05, 3.63) is 71.0 Å². The summed E-state index contributed by atoms with van der Waals surface area (Å²) in [5.74, 6) is 2.35. The molecule has 3 aromatic rings. The van der Waals surface area contributed by atoms with Crippen molar-refractivity contribution in [3.8, 4) is 0 Å². The van der Waals surface area contributed by atoms with Gasteiger partial charge in [-0.05, 0) is 43.3 Å². The number of hydrogen-bond acceptors (Lipinski definition) is 4. The van der Waals surface area contributed by atoms with Crippen LogP contribution in [0.2, 0.25) is 0 Å². The van der Waals surface area contributed by atoms with Crippen LogP contribution < -0.4 is 10.2 Å². The third-order valence-corrected chi connectivity index (χ3v) is 3.96. The summed E-state index contributed by atoms with van der Waals surface area (Å²) in [6.07, 6.45) is 0. The van der Waals surface area contributed by atoms with E-state index >= 15 is 0 Å². The summed E-state index contributed by atoms with van der Waals surface area (Å²) in [5, 5.41) is 3.32. The van der Waals surface area contributed by atoms with Crippen molar-refractivity contribution in [2.45, 2.75) is 6.92 Å². The second-order valence-electron chi connectivity index (χ2n) is 5.19. The zero-order chi connectivity index (χ0) is 16.2. The van der Waals surface area contributed by atoms with Gasteiger partial charge in [0.2, 0.25) is 0 Å². The number of halogens is 1. The molecule has 0 amide bonds. The largest absolute Gasteiger partial charge is 0.340 e. The summed E-state index contributed by atoms with van der Waals surface area (Å²) >= 11 is 3.44. The van der Waals surface area contributed by atoms with Gasteiger partial charge in [-0.3, -0.25) is 0 Å². The molecule has 1 N–H and O–H groups in total. The topological polar surface area (TPSA) is 41.1 Å². The maximum absolute atomic E-state index is 4.53. The summed E-state index contributed by atoms with van der Waals surface area (Å²) in [6.45, 7) is 1.90. The molecule has 1 heterocycles. The van der Waals surface area contributed by atoms with Crippen molar-refractivity contribution in [2.24, 2.45) is 0 Å². The smallest absolute Gasteiger partial charge is 0.138 e. The standard InChI is InChI=1S/C18H17BrN4/c1-13-20-17(22-15-10-8-14(19)9-11-15)12-18(21-13)23(2)16-6-4-3-5-7-16/h3-12H,1-2H3,(H,20,21,22). The summed E-state index contributed by atoms with van der Waals surface area (Å²) in [6, 6.07) is 20.1. The molecule has 0 saturated carbocycles. The van der Waals surface area contributed by atoms with E-state index in [1.807, 2.05) is 67.4 Å². The lowest BCUT2D eigenvalue weighted by atomic mass is 10.3. The molecular weight excluding hydrogens is 352 g/mol. The minimum absolute atomic E-state index is 0.727. The van der Waals surface area contributed by atoms with E-state index in [2.05, 4.69) is 43.3 Å². The molecular formula is C18H17BrN4. The number of rotatable bonds is 4. The molecule has 0 saturated heterocycles. The molecule has 0 fully saturated rings. The highest BCUT2D eigenvalue weighted by atomic mass is 79.9. The van der Waals surface area contributed by atoms with Crippen LogP contribution in [0, 0.1) is 6.92 Å². The minimum Gasteiger partial charge on any atom is -0.340 e. The van der Waals surface area contributed by atoms with Gasteiger partial charge in [0, 0.05) is 29.0 Å². The average molecular weight is 369 g/mol. The normalized spacial score (nSPS) is 10.4. The van der Waals surface area contributed by atoms with Crippen LogP contribution in [-0.2, 0) is 0 Å². The predicted molar refractivity (Wildman–Crippen MR) is 98.7 cm³/mol. The monoisotopic (exact) mass is 368 g/mol. The quantitative estimate of drug-likeness (QED) is 0.698. The number of nitrogens with zero attached hydrogens (tertiary/aromatic N) is 3. The summed E-state index contributed by atoms with van der Waals surface area (Å²) in [5.41, 5.74) is 2.07. The molecule has 0 spiro atoms. The van der Waals surface area contributed by atoms with Gasteiger partial charge in [0.25, 0.3) is 0 Å². The van der Waals surface area contributed by atoms with E-state index in [0.29, 0.717) is 0 Å². The van der Waals surface area contributed by atoms with Crippen LogP contribution in [0.1, 0.15) is 5.82 Å². The van der Waals surface area contributed by atoms with E-state index in [4.69, 9.17) is 0 Å². The molecule has 0 unspecified atom stereocenters. The number of para-hydroxylation sites is 1. The maximum atomic E-state index is 4.53. The molecule has 0 radical (unpaired) electrons. The van der Waals surface area contributed by atoms with E-state index in [9.17, 15) is 0 Å². The molecule has 116 valence electrons. The van der Waals surface area contributed by atoms with Gasteiger partial charge in [0.1, 0.15) is 17.5 Å². The highest BCUT2D eigenvalue weighted by Gasteiger charge is 2.08. The fourth-order valence-corrected chi connectivity index (χ4v) is 2.52. The van der Waals surface area contributed by atoms with Crippen LogP contribution in [0.3, 0.4) is 0 Å². The summed E-state index contributed by atoms with van der Waals surface area (Å²) < 4.78 is 1.05. The van der Waals surface area contributed by atoms with Gasteiger partial charge in [0.05, 0.1) is 0 Å². The number of aryl methyl sites for hydroxylation is 1. The summed E-state index contributed by atoms with van der Waals surface area (Å²) in [7, 11) is 2.00. The Bertz CT molecular complexity index is 788. The van der Waals surface area contributed by atoms with Gasteiger partial charge in [-0.2, -0.15) is 0 Å². The van der Waals surface area contributed by atoms with Crippen LogP contribution in [0.4, 0.5) is 23.0 Å². The molecule has 5 heteroatoms. The zero-order valence-electron chi connectivity index (χ0n) is 13.0. The lowest BCUT2D eigenvalue weighted by Gasteiger charge is -2.19. The van der Waals surface area contributed by atoms with Crippen LogP contribution in [0.15, 0.2) is 65.1 Å². The minimum atomic E-state index is 0.727. The fraction of sp³-hybridized carbons (Fsp3) is 0.111. The molecule has 1 aromatic heterocycles. The van der Waals surface area contributed by atoms with E-state index < -0.39 is 0 Å². The van der Waals surface area contributed by atoms with Crippen molar-refractivity contribution in [1.82, 2.24) is 9.97 Å². The van der Waals surface area contributed by atoms with Crippen LogP contribution in [0.25, 0.3) is 0 Å². The van der Waals surface area contributed by atoms with Crippen molar-refractivity contribution in [2.75, 3.05) is 17.3 Å². The van der Waals surface area contributed by atoms with E-state index in [1.165, 1.54) is 0 Å². The van der Waals surface area contributed by atoms with Gasteiger partial charge < -0.3 is 10.2 Å². The van der Waals surface area contributed by atoms with E-state index in [-0.39, 0.29) is 0 Å². The van der Waals surface area contributed by atoms with Crippen molar-refractivity contribution < 1.29 is 0 Å².